The van der Waals surface area contributed by atoms with E-state index in [2.05, 4.69) is 40.6 Å². The minimum atomic E-state index is -0.141. The van der Waals surface area contributed by atoms with Crippen LogP contribution in [0, 0.1) is 20.8 Å². The molecule has 2 aromatic rings. The zero-order chi connectivity index (χ0) is 21.8. The van der Waals surface area contributed by atoms with Crippen molar-refractivity contribution in [3.8, 4) is 0 Å². The second kappa shape index (κ2) is 9.47. The summed E-state index contributed by atoms with van der Waals surface area (Å²) in [5, 5.41) is 6.38. The van der Waals surface area contributed by atoms with Crippen molar-refractivity contribution in [2.45, 2.75) is 59.5 Å². The van der Waals surface area contributed by atoms with Gasteiger partial charge >= 0.3 is 0 Å². The fourth-order valence-corrected chi connectivity index (χ4v) is 4.32. The number of hydrogen-bond donors (Lipinski definition) is 3. The number of aromatic nitrogens is 1. The number of nitrogens with zero attached hydrogens (tertiary/aromatic N) is 1. The summed E-state index contributed by atoms with van der Waals surface area (Å²) < 4.78 is 0. The molecule has 1 saturated heterocycles. The van der Waals surface area contributed by atoms with Gasteiger partial charge < -0.3 is 20.5 Å². The molecule has 1 aromatic heterocycles. The summed E-state index contributed by atoms with van der Waals surface area (Å²) in [5.74, 6) is -0.137. The van der Waals surface area contributed by atoms with E-state index in [4.69, 9.17) is 0 Å². The van der Waals surface area contributed by atoms with Crippen molar-refractivity contribution >= 4 is 11.6 Å². The highest BCUT2D eigenvalue weighted by Gasteiger charge is 2.22. The number of pyridine rings is 1. The minimum absolute atomic E-state index is 0.137. The third-order valence-electron chi connectivity index (χ3n) is 6.25. The number of carbonyl (C=O) groups excluding carboxylic acids is 1. The molecule has 3 rings (SSSR count). The molecule has 0 unspecified atom stereocenters. The third kappa shape index (κ3) is 4.75. The SMILES string of the molecule is CCc1cc(C(=O)NCc2c(C)cc(C)[nH]c2=O)c(C)c(N(C)C2CCNCC2)c1. The predicted octanol–water partition coefficient (Wildman–Crippen LogP) is 2.98. The molecule has 0 aliphatic carbocycles. The summed E-state index contributed by atoms with van der Waals surface area (Å²) >= 11 is 0. The molecule has 0 radical (unpaired) electrons. The zero-order valence-electron chi connectivity index (χ0n) is 18.8. The van der Waals surface area contributed by atoms with Gasteiger partial charge in [0.15, 0.2) is 0 Å². The predicted molar refractivity (Wildman–Crippen MR) is 123 cm³/mol. The molecule has 1 aliphatic heterocycles. The maximum absolute atomic E-state index is 13.1. The maximum atomic E-state index is 13.1. The van der Waals surface area contributed by atoms with Crippen LogP contribution in [-0.2, 0) is 13.0 Å². The lowest BCUT2D eigenvalue weighted by Crippen LogP contribution is -2.41. The van der Waals surface area contributed by atoms with Gasteiger partial charge in [0.1, 0.15) is 0 Å². The number of aromatic amines is 1. The van der Waals surface area contributed by atoms with Crippen molar-refractivity contribution in [3.05, 3.63) is 62.1 Å². The van der Waals surface area contributed by atoms with E-state index < -0.39 is 0 Å². The first-order valence-electron chi connectivity index (χ1n) is 10.9. The van der Waals surface area contributed by atoms with E-state index in [0.29, 0.717) is 17.2 Å². The summed E-state index contributed by atoms with van der Waals surface area (Å²) in [6.07, 6.45) is 3.07. The van der Waals surface area contributed by atoms with Gasteiger partial charge in [0.2, 0.25) is 0 Å². The Morgan fingerprint density at radius 1 is 1.17 bits per heavy atom. The monoisotopic (exact) mass is 410 g/mol. The van der Waals surface area contributed by atoms with Gasteiger partial charge in [0, 0.05) is 42.1 Å². The van der Waals surface area contributed by atoms with Gasteiger partial charge in [0.05, 0.1) is 0 Å². The Kier molecular flexibility index (Phi) is 6.98. The fraction of sp³-hybridized carbons (Fsp3) is 0.500. The molecule has 3 N–H and O–H groups in total. The number of rotatable bonds is 6. The van der Waals surface area contributed by atoms with Gasteiger partial charge in [0.25, 0.3) is 11.5 Å². The van der Waals surface area contributed by atoms with Crippen LogP contribution >= 0.6 is 0 Å². The van der Waals surface area contributed by atoms with Crippen molar-refractivity contribution in [3.63, 3.8) is 0 Å². The molecule has 0 saturated carbocycles. The highest BCUT2D eigenvalue weighted by Crippen LogP contribution is 2.28. The van der Waals surface area contributed by atoms with Crippen LogP contribution in [-0.4, -0.2) is 37.1 Å². The number of carbonyl (C=O) groups is 1. The van der Waals surface area contributed by atoms with Crippen molar-refractivity contribution in [2.75, 3.05) is 25.0 Å². The molecule has 0 atom stereocenters. The number of H-pyrrole nitrogens is 1. The van der Waals surface area contributed by atoms with Crippen LogP contribution in [0.4, 0.5) is 5.69 Å². The van der Waals surface area contributed by atoms with E-state index in [0.717, 1.165) is 60.4 Å². The Bertz CT molecular complexity index is 974. The van der Waals surface area contributed by atoms with Gasteiger partial charge in [-0.3, -0.25) is 9.59 Å². The van der Waals surface area contributed by atoms with Crippen molar-refractivity contribution < 1.29 is 4.79 Å². The first kappa shape index (κ1) is 22.1. The lowest BCUT2D eigenvalue weighted by atomic mass is 9.97. The minimum Gasteiger partial charge on any atom is -0.371 e. The summed E-state index contributed by atoms with van der Waals surface area (Å²) in [6, 6.07) is 6.60. The molecular formula is C24H34N4O2. The molecule has 2 heterocycles. The number of benzene rings is 1. The van der Waals surface area contributed by atoms with E-state index in [1.165, 1.54) is 0 Å². The topological polar surface area (TPSA) is 77.2 Å². The Morgan fingerprint density at radius 2 is 1.87 bits per heavy atom. The summed E-state index contributed by atoms with van der Waals surface area (Å²) in [4.78, 5) is 30.5. The highest BCUT2D eigenvalue weighted by atomic mass is 16.1. The third-order valence-corrected chi connectivity index (χ3v) is 6.25. The molecular weight excluding hydrogens is 376 g/mol. The molecule has 1 fully saturated rings. The molecule has 6 heteroatoms. The molecule has 30 heavy (non-hydrogen) atoms. The van der Waals surface area contributed by atoms with Crippen LogP contribution in [0.15, 0.2) is 23.0 Å². The quantitative estimate of drug-likeness (QED) is 0.684. The Hall–Kier alpha value is -2.60. The van der Waals surface area contributed by atoms with Crippen LogP contribution in [0.25, 0.3) is 0 Å². The van der Waals surface area contributed by atoms with Crippen LogP contribution in [0.2, 0.25) is 0 Å². The largest absolute Gasteiger partial charge is 0.371 e. The number of anilines is 1. The van der Waals surface area contributed by atoms with Gasteiger partial charge in [-0.25, -0.2) is 0 Å². The zero-order valence-corrected chi connectivity index (χ0v) is 18.8. The fourth-order valence-electron chi connectivity index (χ4n) is 4.32. The standard InChI is InChI=1S/C24H34N4O2/c1-6-18-12-20(17(4)22(13-18)28(5)19-7-9-25-10-8-19)23(29)26-14-21-15(2)11-16(3)27-24(21)30/h11-13,19,25H,6-10,14H2,1-5H3,(H,26,29)(H,27,30). The normalized spacial score (nSPS) is 14.6. The van der Waals surface area contributed by atoms with Crippen molar-refractivity contribution in [2.24, 2.45) is 0 Å². The number of amides is 1. The first-order chi connectivity index (χ1) is 14.3. The number of aryl methyl sites for hydroxylation is 3. The van der Waals surface area contributed by atoms with Gasteiger partial charge in [-0.1, -0.05) is 6.92 Å². The summed E-state index contributed by atoms with van der Waals surface area (Å²) in [5.41, 5.74) is 6.11. The van der Waals surface area contributed by atoms with Gasteiger partial charge in [-0.2, -0.15) is 0 Å². The van der Waals surface area contributed by atoms with Crippen LogP contribution in [0.3, 0.4) is 0 Å². The Balaban J connectivity index is 1.86. The Labute approximate surface area is 179 Å². The highest BCUT2D eigenvalue weighted by molar-refractivity contribution is 5.97. The van der Waals surface area contributed by atoms with Crippen LogP contribution in [0.5, 0.6) is 0 Å². The average Bonchev–Trinajstić information content (AvgIpc) is 2.73. The van der Waals surface area contributed by atoms with Crippen molar-refractivity contribution in [1.29, 1.82) is 0 Å². The lowest BCUT2D eigenvalue weighted by Gasteiger charge is -2.35. The summed E-state index contributed by atoms with van der Waals surface area (Å²) in [6.45, 7) is 10.2. The molecule has 162 valence electrons. The lowest BCUT2D eigenvalue weighted by molar-refractivity contribution is 0.0950. The molecule has 1 aliphatic rings. The molecule has 0 spiro atoms. The van der Waals surface area contributed by atoms with Crippen LogP contribution in [0.1, 0.15) is 58.1 Å². The summed E-state index contributed by atoms with van der Waals surface area (Å²) in [7, 11) is 2.13. The van der Waals surface area contributed by atoms with E-state index in [1.54, 1.807) is 0 Å². The Morgan fingerprint density at radius 3 is 2.50 bits per heavy atom. The molecule has 6 nitrogen and oxygen atoms in total. The second-order valence-corrected chi connectivity index (χ2v) is 8.36. The van der Waals surface area contributed by atoms with E-state index >= 15 is 0 Å². The van der Waals surface area contributed by atoms with Crippen molar-refractivity contribution in [1.82, 2.24) is 15.6 Å². The molecule has 1 aromatic carbocycles. The number of nitrogens with one attached hydrogen (secondary N) is 3. The number of piperidine rings is 1. The van der Waals surface area contributed by atoms with E-state index in [-0.39, 0.29) is 18.0 Å². The van der Waals surface area contributed by atoms with Gasteiger partial charge in [-0.05, 0) is 88.0 Å². The molecule has 0 bridgehead atoms. The number of hydrogen-bond acceptors (Lipinski definition) is 4. The average molecular weight is 411 g/mol. The second-order valence-electron chi connectivity index (χ2n) is 8.36. The smallest absolute Gasteiger partial charge is 0.253 e. The van der Waals surface area contributed by atoms with E-state index in [1.807, 2.05) is 32.9 Å². The maximum Gasteiger partial charge on any atom is 0.253 e. The van der Waals surface area contributed by atoms with Crippen LogP contribution < -0.4 is 21.1 Å². The van der Waals surface area contributed by atoms with Gasteiger partial charge in [-0.15, -0.1) is 0 Å². The first-order valence-corrected chi connectivity index (χ1v) is 10.9. The molecule has 1 amide bonds. The van der Waals surface area contributed by atoms with E-state index in [9.17, 15) is 9.59 Å².